The number of hydrogen-bond acceptors (Lipinski definition) is 6. The van der Waals surface area contributed by atoms with Crippen molar-refractivity contribution in [1.29, 1.82) is 0 Å². The lowest BCUT2D eigenvalue weighted by Crippen LogP contribution is -2.29. The first kappa shape index (κ1) is 49.8. The summed E-state index contributed by atoms with van der Waals surface area (Å²) in [5, 5.41) is 0. The van der Waals surface area contributed by atoms with Gasteiger partial charge in [0.05, 0.1) is 6.61 Å². The number of carbonyl (C=O) groups is 2. The van der Waals surface area contributed by atoms with E-state index in [0.29, 0.717) is 19.3 Å². The molecule has 0 spiro atoms. The summed E-state index contributed by atoms with van der Waals surface area (Å²) in [5.41, 5.74) is 0. The van der Waals surface area contributed by atoms with Gasteiger partial charge in [-0.15, -0.1) is 0 Å². The Balaban J connectivity index is 4.05. The third-order valence-corrected chi connectivity index (χ3v) is 8.99. The number of esters is 2. The molecular formula is C43H75O8P. The third kappa shape index (κ3) is 40.5. The van der Waals surface area contributed by atoms with Crippen LogP contribution in [-0.4, -0.2) is 41.0 Å². The Bertz CT molecular complexity index is 1030. The lowest BCUT2D eigenvalue weighted by Gasteiger charge is -2.18. The number of phosphoric acid groups is 1. The highest BCUT2D eigenvalue weighted by Gasteiger charge is 2.22. The van der Waals surface area contributed by atoms with Crippen molar-refractivity contribution in [2.75, 3.05) is 13.2 Å². The zero-order chi connectivity index (χ0) is 38.2. The Kier molecular flexibility index (Phi) is 36.8. The van der Waals surface area contributed by atoms with E-state index < -0.39 is 32.5 Å². The minimum atomic E-state index is -4.77. The van der Waals surface area contributed by atoms with E-state index in [4.69, 9.17) is 19.3 Å². The molecule has 0 bridgehead atoms. The van der Waals surface area contributed by atoms with Gasteiger partial charge in [0.15, 0.2) is 6.10 Å². The van der Waals surface area contributed by atoms with Crippen molar-refractivity contribution in [2.45, 2.75) is 187 Å². The summed E-state index contributed by atoms with van der Waals surface area (Å²) in [6.45, 7) is 3.60. The van der Waals surface area contributed by atoms with Crippen LogP contribution in [0.2, 0.25) is 0 Å². The fourth-order valence-electron chi connectivity index (χ4n) is 5.42. The molecule has 9 heteroatoms. The zero-order valence-electron chi connectivity index (χ0n) is 32.9. The highest BCUT2D eigenvalue weighted by molar-refractivity contribution is 7.46. The maximum atomic E-state index is 12.4. The van der Waals surface area contributed by atoms with Gasteiger partial charge >= 0.3 is 19.8 Å². The summed E-state index contributed by atoms with van der Waals surface area (Å²) in [6, 6.07) is 0. The lowest BCUT2D eigenvalue weighted by molar-refractivity contribution is -0.161. The van der Waals surface area contributed by atoms with Crippen LogP contribution in [0.15, 0.2) is 60.8 Å². The van der Waals surface area contributed by atoms with Gasteiger partial charge in [0.25, 0.3) is 0 Å². The molecule has 0 aliphatic heterocycles. The van der Waals surface area contributed by atoms with Crippen molar-refractivity contribution in [3.05, 3.63) is 60.8 Å². The van der Waals surface area contributed by atoms with Crippen LogP contribution in [0.3, 0.4) is 0 Å². The van der Waals surface area contributed by atoms with Crippen LogP contribution in [0.1, 0.15) is 181 Å². The Hall–Kier alpha value is -2.25. The van der Waals surface area contributed by atoms with Crippen molar-refractivity contribution in [3.63, 3.8) is 0 Å². The Morgan fingerprint density at radius 1 is 0.500 bits per heavy atom. The molecule has 0 aliphatic carbocycles. The zero-order valence-corrected chi connectivity index (χ0v) is 33.8. The largest absolute Gasteiger partial charge is 0.469 e. The monoisotopic (exact) mass is 751 g/mol. The van der Waals surface area contributed by atoms with Crippen LogP contribution in [0.4, 0.5) is 0 Å². The number of allylic oxidation sites excluding steroid dienone is 10. The molecule has 0 aromatic rings. The second-order valence-corrected chi connectivity index (χ2v) is 14.8. The first-order chi connectivity index (χ1) is 25.3. The molecule has 0 rings (SSSR count). The van der Waals surface area contributed by atoms with E-state index in [2.05, 4.69) is 73.1 Å². The second kappa shape index (κ2) is 38.5. The van der Waals surface area contributed by atoms with E-state index >= 15 is 0 Å². The van der Waals surface area contributed by atoms with E-state index in [1.54, 1.807) is 0 Å². The van der Waals surface area contributed by atoms with Gasteiger partial charge in [0, 0.05) is 12.8 Å². The highest BCUT2D eigenvalue weighted by Crippen LogP contribution is 2.36. The van der Waals surface area contributed by atoms with E-state index in [-0.39, 0.29) is 19.4 Å². The summed E-state index contributed by atoms with van der Waals surface area (Å²) >= 11 is 0. The molecule has 0 amide bonds. The molecule has 0 unspecified atom stereocenters. The van der Waals surface area contributed by atoms with Crippen LogP contribution in [0, 0.1) is 0 Å². The van der Waals surface area contributed by atoms with Gasteiger partial charge in [0.1, 0.15) is 6.61 Å². The lowest BCUT2D eigenvalue weighted by atomic mass is 10.1. The first-order valence-corrected chi connectivity index (χ1v) is 22.1. The van der Waals surface area contributed by atoms with E-state index in [9.17, 15) is 14.2 Å². The van der Waals surface area contributed by atoms with Crippen molar-refractivity contribution in [3.8, 4) is 0 Å². The van der Waals surface area contributed by atoms with Crippen molar-refractivity contribution < 1.29 is 37.9 Å². The SMILES string of the molecule is CCCCC/C=C/C/C=C/C/C=C/CCCCCCC(=O)OC[C@H](COP(=O)(O)O)OC(=O)CCC/C=C/C/C=C/CCCCCCCCCCC. The van der Waals surface area contributed by atoms with Gasteiger partial charge in [-0.3, -0.25) is 14.1 Å². The van der Waals surface area contributed by atoms with E-state index in [0.717, 1.165) is 51.4 Å². The number of carbonyl (C=O) groups excluding carboxylic acids is 2. The quantitative estimate of drug-likeness (QED) is 0.0279. The van der Waals surface area contributed by atoms with Gasteiger partial charge in [-0.1, -0.05) is 152 Å². The van der Waals surface area contributed by atoms with Gasteiger partial charge < -0.3 is 19.3 Å². The maximum absolute atomic E-state index is 12.4. The van der Waals surface area contributed by atoms with Gasteiger partial charge in [0.2, 0.25) is 0 Å². The van der Waals surface area contributed by atoms with E-state index in [1.165, 1.54) is 83.5 Å². The van der Waals surface area contributed by atoms with Gasteiger partial charge in [-0.05, 0) is 77.0 Å². The summed E-state index contributed by atoms with van der Waals surface area (Å²) in [5.74, 6) is -0.966. The van der Waals surface area contributed by atoms with Gasteiger partial charge in [-0.25, -0.2) is 4.57 Å². The number of unbranched alkanes of at least 4 members (excludes halogenated alkanes) is 17. The molecule has 0 saturated carbocycles. The molecule has 52 heavy (non-hydrogen) atoms. The van der Waals surface area contributed by atoms with Crippen molar-refractivity contribution in [2.24, 2.45) is 0 Å². The molecule has 0 aromatic carbocycles. The minimum absolute atomic E-state index is 0.141. The molecule has 8 nitrogen and oxygen atoms in total. The molecule has 0 aromatic heterocycles. The molecule has 2 N–H and O–H groups in total. The molecule has 0 aliphatic rings. The molecular weight excluding hydrogens is 675 g/mol. The topological polar surface area (TPSA) is 119 Å². The number of hydrogen-bond donors (Lipinski definition) is 2. The molecule has 0 fully saturated rings. The number of rotatable bonds is 37. The Labute approximate surface area is 317 Å². The average Bonchev–Trinajstić information content (AvgIpc) is 3.11. The number of ether oxygens (including phenoxy) is 2. The smallest absolute Gasteiger partial charge is 0.462 e. The summed E-state index contributed by atoms with van der Waals surface area (Å²) in [7, 11) is -4.77. The van der Waals surface area contributed by atoms with Crippen molar-refractivity contribution >= 4 is 19.8 Å². The fraction of sp³-hybridized carbons (Fsp3) is 0.721. The minimum Gasteiger partial charge on any atom is -0.462 e. The fourth-order valence-corrected chi connectivity index (χ4v) is 5.78. The van der Waals surface area contributed by atoms with Crippen LogP contribution in [0.5, 0.6) is 0 Å². The molecule has 0 heterocycles. The molecule has 1 atom stereocenters. The Morgan fingerprint density at radius 2 is 0.885 bits per heavy atom. The van der Waals surface area contributed by atoms with Crippen LogP contribution < -0.4 is 0 Å². The molecule has 0 saturated heterocycles. The number of phosphoric ester groups is 1. The molecule has 300 valence electrons. The molecule has 0 radical (unpaired) electrons. The second-order valence-electron chi connectivity index (χ2n) is 13.6. The standard InChI is InChI=1S/C43H75O8P/c1-3-5-7-9-11-13-15-17-19-21-23-25-27-29-31-33-35-37-42(44)49-39-41(40-50-52(46,47)48)51-43(45)38-36-34-32-30-28-26-24-22-20-18-16-14-12-10-8-6-4-2/h11,13,17,19,23-26,30,32,41H,3-10,12,14-16,18,20-22,27-29,31,33-40H2,1-2H3,(H2,46,47,48)/b13-11+,19-17+,25-23+,26-24+,32-30+/t41-/m1/s1. The maximum Gasteiger partial charge on any atom is 0.469 e. The predicted molar refractivity (Wildman–Crippen MR) is 216 cm³/mol. The summed E-state index contributed by atoms with van der Waals surface area (Å²) in [6.07, 6.45) is 48.0. The third-order valence-electron chi connectivity index (χ3n) is 8.51. The normalized spacial score (nSPS) is 13.1. The Morgan fingerprint density at radius 3 is 1.38 bits per heavy atom. The summed E-state index contributed by atoms with van der Waals surface area (Å²) in [4.78, 5) is 42.8. The van der Waals surface area contributed by atoms with Crippen LogP contribution in [-0.2, 0) is 28.2 Å². The van der Waals surface area contributed by atoms with Crippen LogP contribution in [0.25, 0.3) is 0 Å². The first-order valence-electron chi connectivity index (χ1n) is 20.6. The van der Waals surface area contributed by atoms with Crippen LogP contribution >= 0.6 is 7.82 Å². The van der Waals surface area contributed by atoms with E-state index in [1.807, 2.05) is 6.08 Å². The highest BCUT2D eigenvalue weighted by atomic mass is 31.2. The predicted octanol–water partition coefficient (Wildman–Crippen LogP) is 12.5. The summed E-state index contributed by atoms with van der Waals surface area (Å²) < 4.78 is 26.3. The average molecular weight is 751 g/mol. The van der Waals surface area contributed by atoms with Crippen molar-refractivity contribution in [1.82, 2.24) is 0 Å². The van der Waals surface area contributed by atoms with Gasteiger partial charge in [-0.2, -0.15) is 0 Å².